The largest absolute Gasteiger partial charge is 0.229 e. The molecule has 0 bridgehead atoms. The van der Waals surface area contributed by atoms with Crippen LogP contribution in [0.4, 0.5) is 0 Å². The quantitative estimate of drug-likeness (QED) is 0.790. The van der Waals surface area contributed by atoms with Crippen molar-refractivity contribution < 1.29 is 8.42 Å². The zero-order valence-corrected chi connectivity index (χ0v) is 11.3. The number of alkyl halides is 1. The van der Waals surface area contributed by atoms with Crippen molar-refractivity contribution in [1.82, 2.24) is 0 Å². The summed E-state index contributed by atoms with van der Waals surface area (Å²) < 4.78 is 22.7. The van der Waals surface area contributed by atoms with Crippen molar-refractivity contribution in [3.05, 3.63) is 35.9 Å². The Bertz CT molecular complexity index is 456. The Labute approximate surface area is 108 Å². The molecule has 4 heteroatoms. The predicted molar refractivity (Wildman–Crippen MR) is 71.2 cm³/mol. The van der Waals surface area contributed by atoms with Crippen molar-refractivity contribution in [3.8, 4) is 0 Å². The highest BCUT2D eigenvalue weighted by Gasteiger charge is 2.32. The fourth-order valence-corrected chi connectivity index (χ4v) is 4.60. The lowest BCUT2D eigenvalue weighted by atomic mass is 9.98. The summed E-state index contributed by atoms with van der Waals surface area (Å²) in [6.07, 6.45) is 2.50. The molecule has 0 amide bonds. The van der Waals surface area contributed by atoms with E-state index in [1.165, 1.54) is 5.56 Å². The van der Waals surface area contributed by atoms with E-state index < -0.39 is 9.84 Å². The van der Waals surface area contributed by atoms with Crippen LogP contribution in [0.2, 0.25) is 0 Å². The van der Waals surface area contributed by atoms with E-state index >= 15 is 0 Å². The first kappa shape index (κ1) is 12.9. The van der Waals surface area contributed by atoms with E-state index in [2.05, 4.69) is 12.1 Å². The van der Waals surface area contributed by atoms with Gasteiger partial charge in [0, 0.05) is 5.38 Å². The Morgan fingerprint density at radius 2 is 2.00 bits per heavy atom. The van der Waals surface area contributed by atoms with Gasteiger partial charge in [0.1, 0.15) is 0 Å². The molecule has 17 heavy (non-hydrogen) atoms. The molecule has 1 aliphatic heterocycles. The number of hydrogen-bond acceptors (Lipinski definition) is 2. The first-order valence-corrected chi connectivity index (χ1v) is 8.21. The summed E-state index contributed by atoms with van der Waals surface area (Å²) in [6, 6.07) is 10.2. The lowest BCUT2D eigenvalue weighted by molar-refractivity contribution is 0.528. The highest BCUT2D eigenvalue weighted by atomic mass is 35.5. The minimum Gasteiger partial charge on any atom is -0.229 e. The highest BCUT2D eigenvalue weighted by Crippen LogP contribution is 2.27. The van der Waals surface area contributed by atoms with Gasteiger partial charge in [0.25, 0.3) is 0 Å². The van der Waals surface area contributed by atoms with Crippen LogP contribution in [-0.2, 0) is 16.3 Å². The van der Waals surface area contributed by atoms with Crippen molar-refractivity contribution in [2.24, 2.45) is 5.92 Å². The molecule has 0 aromatic heterocycles. The average Bonchev–Trinajstić information content (AvgIpc) is 2.68. The van der Waals surface area contributed by atoms with Crippen molar-refractivity contribution in [3.63, 3.8) is 0 Å². The van der Waals surface area contributed by atoms with E-state index in [9.17, 15) is 8.42 Å². The predicted octanol–water partition coefficient (Wildman–Crippen LogP) is 2.66. The van der Waals surface area contributed by atoms with Crippen LogP contribution in [0.25, 0.3) is 0 Å². The molecule has 1 aliphatic rings. The van der Waals surface area contributed by atoms with E-state index in [1.54, 1.807) is 0 Å². The van der Waals surface area contributed by atoms with Crippen molar-refractivity contribution in [2.75, 3.05) is 11.5 Å². The Hall–Kier alpha value is -0.540. The Morgan fingerprint density at radius 1 is 1.29 bits per heavy atom. The average molecular weight is 273 g/mol. The molecular weight excluding hydrogens is 256 g/mol. The Morgan fingerprint density at radius 3 is 2.59 bits per heavy atom. The normalized spacial score (nSPS) is 24.6. The second-order valence-electron chi connectivity index (χ2n) is 4.70. The van der Waals surface area contributed by atoms with Crippen LogP contribution in [0.1, 0.15) is 18.4 Å². The van der Waals surface area contributed by atoms with E-state index in [0.717, 1.165) is 19.3 Å². The molecule has 0 saturated carbocycles. The number of aryl methyl sites for hydroxylation is 1. The fourth-order valence-electron chi connectivity index (χ4n) is 2.29. The molecule has 1 heterocycles. The number of sulfone groups is 1. The summed E-state index contributed by atoms with van der Waals surface area (Å²) in [7, 11) is -2.81. The maximum absolute atomic E-state index is 11.4. The van der Waals surface area contributed by atoms with Gasteiger partial charge in [0.15, 0.2) is 9.84 Å². The first-order chi connectivity index (χ1) is 8.07. The number of hydrogen-bond donors (Lipinski definition) is 0. The third-order valence-electron chi connectivity index (χ3n) is 3.33. The molecule has 1 saturated heterocycles. The third kappa shape index (κ3) is 3.71. The van der Waals surface area contributed by atoms with Crippen LogP contribution < -0.4 is 0 Å². The minimum absolute atomic E-state index is 0.0209. The van der Waals surface area contributed by atoms with Gasteiger partial charge >= 0.3 is 0 Å². The van der Waals surface area contributed by atoms with Gasteiger partial charge in [-0.15, -0.1) is 11.6 Å². The maximum atomic E-state index is 11.4. The van der Waals surface area contributed by atoms with Gasteiger partial charge in [-0.05, 0) is 30.7 Å². The molecule has 2 atom stereocenters. The summed E-state index contributed by atoms with van der Waals surface area (Å²) >= 11 is 6.30. The second-order valence-corrected chi connectivity index (χ2v) is 7.49. The lowest BCUT2D eigenvalue weighted by Crippen LogP contribution is -2.17. The molecule has 0 spiro atoms. The van der Waals surface area contributed by atoms with Gasteiger partial charge in [-0.2, -0.15) is 0 Å². The van der Waals surface area contributed by atoms with Crippen LogP contribution in [0.15, 0.2) is 30.3 Å². The van der Waals surface area contributed by atoms with E-state index in [1.807, 2.05) is 18.2 Å². The zero-order valence-electron chi connectivity index (χ0n) is 9.68. The standard InChI is InChI=1S/C13H17ClO2S/c14-13(12-8-9-17(15,16)10-12)7-6-11-4-2-1-3-5-11/h1-5,12-13H,6-10H2. The summed E-state index contributed by atoms with van der Waals surface area (Å²) in [5, 5.41) is -0.0209. The first-order valence-electron chi connectivity index (χ1n) is 5.95. The summed E-state index contributed by atoms with van der Waals surface area (Å²) in [4.78, 5) is 0. The van der Waals surface area contributed by atoms with Gasteiger partial charge < -0.3 is 0 Å². The number of benzene rings is 1. The van der Waals surface area contributed by atoms with Gasteiger partial charge in [-0.25, -0.2) is 8.42 Å². The number of rotatable bonds is 4. The van der Waals surface area contributed by atoms with E-state index in [0.29, 0.717) is 5.75 Å². The zero-order chi connectivity index (χ0) is 12.3. The lowest BCUT2D eigenvalue weighted by Gasteiger charge is -2.15. The molecule has 0 radical (unpaired) electrons. The Balaban J connectivity index is 1.84. The summed E-state index contributed by atoms with van der Waals surface area (Å²) in [5.74, 6) is 0.729. The molecule has 1 fully saturated rings. The molecular formula is C13H17ClO2S. The topological polar surface area (TPSA) is 34.1 Å². The van der Waals surface area contributed by atoms with Crippen molar-refractivity contribution >= 4 is 21.4 Å². The molecule has 1 aromatic rings. The molecule has 0 N–H and O–H groups in total. The van der Waals surface area contributed by atoms with Crippen molar-refractivity contribution in [2.45, 2.75) is 24.6 Å². The molecule has 0 aliphatic carbocycles. The van der Waals surface area contributed by atoms with Gasteiger partial charge in [-0.3, -0.25) is 0 Å². The highest BCUT2D eigenvalue weighted by molar-refractivity contribution is 7.91. The summed E-state index contributed by atoms with van der Waals surface area (Å²) in [6.45, 7) is 0. The van der Waals surface area contributed by atoms with Gasteiger partial charge in [-0.1, -0.05) is 30.3 Å². The van der Waals surface area contributed by atoms with Crippen LogP contribution in [-0.4, -0.2) is 25.3 Å². The van der Waals surface area contributed by atoms with Crippen LogP contribution >= 0.6 is 11.6 Å². The monoisotopic (exact) mass is 272 g/mol. The van der Waals surface area contributed by atoms with Crippen LogP contribution in [0.3, 0.4) is 0 Å². The fraction of sp³-hybridized carbons (Fsp3) is 0.538. The second kappa shape index (κ2) is 5.40. The van der Waals surface area contributed by atoms with Gasteiger partial charge in [0.2, 0.25) is 0 Å². The van der Waals surface area contributed by atoms with Crippen LogP contribution in [0, 0.1) is 5.92 Å². The molecule has 94 valence electrons. The van der Waals surface area contributed by atoms with Crippen LogP contribution in [0.5, 0.6) is 0 Å². The minimum atomic E-state index is -2.81. The molecule has 1 aromatic carbocycles. The van der Waals surface area contributed by atoms with Crippen molar-refractivity contribution in [1.29, 1.82) is 0 Å². The summed E-state index contributed by atoms with van der Waals surface area (Å²) in [5.41, 5.74) is 1.26. The van der Waals surface area contributed by atoms with Gasteiger partial charge in [0.05, 0.1) is 11.5 Å². The van der Waals surface area contributed by atoms with E-state index in [-0.39, 0.29) is 17.0 Å². The third-order valence-corrected chi connectivity index (χ3v) is 5.70. The van der Waals surface area contributed by atoms with E-state index in [4.69, 9.17) is 11.6 Å². The smallest absolute Gasteiger partial charge is 0.150 e. The maximum Gasteiger partial charge on any atom is 0.150 e. The SMILES string of the molecule is O=S1(=O)CCC(C(Cl)CCc2ccccc2)C1. The number of halogens is 1. The molecule has 2 rings (SSSR count). The Kier molecular flexibility index (Phi) is 4.10. The molecule has 2 unspecified atom stereocenters. The molecule has 2 nitrogen and oxygen atoms in total.